The van der Waals surface area contributed by atoms with Crippen molar-refractivity contribution in [3.05, 3.63) is 53.2 Å². The molecule has 2 amide bonds. The summed E-state index contributed by atoms with van der Waals surface area (Å²) in [5.74, 6) is 0.427. The van der Waals surface area contributed by atoms with Gasteiger partial charge in [-0.1, -0.05) is 30.3 Å². The average molecular weight is 341 g/mol. The molecule has 0 aliphatic carbocycles. The van der Waals surface area contributed by atoms with E-state index in [1.165, 1.54) is 5.56 Å². The molecule has 1 aromatic carbocycles. The summed E-state index contributed by atoms with van der Waals surface area (Å²) in [6.45, 7) is 5.07. The van der Waals surface area contributed by atoms with Crippen molar-refractivity contribution in [1.29, 1.82) is 0 Å². The topological polar surface area (TPSA) is 75.4 Å². The van der Waals surface area contributed by atoms with Crippen LogP contribution in [-0.4, -0.2) is 41.3 Å². The van der Waals surface area contributed by atoms with Crippen molar-refractivity contribution in [2.45, 2.75) is 26.7 Å². The third-order valence-corrected chi connectivity index (χ3v) is 4.50. The van der Waals surface area contributed by atoms with E-state index in [9.17, 15) is 9.59 Å². The molecule has 0 bridgehead atoms. The zero-order chi connectivity index (χ0) is 17.8. The number of aromatic nitrogens is 1. The molecule has 1 N–H and O–H groups in total. The molecule has 1 fully saturated rings. The number of carbonyl (C=O) groups excluding carboxylic acids is 2. The van der Waals surface area contributed by atoms with Crippen LogP contribution in [0.15, 0.2) is 34.7 Å². The van der Waals surface area contributed by atoms with Crippen LogP contribution in [0.5, 0.6) is 0 Å². The normalized spacial score (nSPS) is 16.9. The fourth-order valence-electron chi connectivity index (χ4n) is 3.15. The molecular formula is C19H23N3O3. The Kier molecular flexibility index (Phi) is 5.16. The molecule has 1 atom stereocenters. The smallest absolute Gasteiger partial charge is 0.291 e. The standard InChI is InChI=1S/C19H23N3O3/c1-13-17(25-14(2)21-13)19(24)22-11-9-16(12-22)18(23)20-10-8-15-6-4-3-5-7-15/h3-7,16H,8-12H2,1-2H3,(H,20,23)/t16-/m1/s1. The fraction of sp³-hybridized carbons (Fsp3) is 0.421. The Bertz CT molecular complexity index is 755. The van der Waals surface area contributed by atoms with Gasteiger partial charge in [-0.15, -0.1) is 0 Å². The van der Waals surface area contributed by atoms with E-state index in [1.54, 1.807) is 18.7 Å². The van der Waals surface area contributed by atoms with Crippen molar-refractivity contribution in [3.63, 3.8) is 0 Å². The van der Waals surface area contributed by atoms with Crippen LogP contribution >= 0.6 is 0 Å². The number of rotatable bonds is 5. The first-order valence-corrected chi connectivity index (χ1v) is 8.59. The highest BCUT2D eigenvalue weighted by Gasteiger charge is 2.33. The molecule has 1 aliphatic heterocycles. The number of aryl methyl sites for hydroxylation is 2. The second-order valence-electron chi connectivity index (χ2n) is 6.41. The highest BCUT2D eigenvalue weighted by Crippen LogP contribution is 2.21. The number of hydrogen-bond donors (Lipinski definition) is 1. The SMILES string of the molecule is Cc1nc(C)c(C(=O)N2CC[C@@H](C(=O)NCCc3ccccc3)C2)o1. The molecule has 0 radical (unpaired) electrons. The molecule has 3 rings (SSSR count). The second-order valence-corrected chi connectivity index (χ2v) is 6.41. The number of amides is 2. The Morgan fingerprint density at radius 2 is 2.04 bits per heavy atom. The van der Waals surface area contributed by atoms with Gasteiger partial charge in [-0.2, -0.15) is 0 Å². The van der Waals surface area contributed by atoms with Crippen LogP contribution in [-0.2, 0) is 11.2 Å². The first kappa shape index (κ1) is 17.2. The Morgan fingerprint density at radius 1 is 1.28 bits per heavy atom. The van der Waals surface area contributed by atoms with E-state index < -0.39 is 0 Å². The van der Waals surface area contributed by atoms with Gasteiger partial charge in [0, 0.05) is 26.6 Å². The molecular weight excluding hydrogens is 318 g/mol. The highest BCUT2D eigenvalue weighted by atomic mass is 16.4. The van der Waals surface area contributed by atoms with Gasteiger partial charge in [0.25, 0.3) is 5.91 Å². The lowest BCUT2D eigenvalue weighted by Gasteiger charge is -2.15. The minimum Gasteiger partial charge on any atom is -0.436 e. The zero-order valence-electron chi connectivity index (χ0n) is 14.6. The summed E-state index contributed by atoms with van der Waals surface area (Å²) in [5.41, 5.74) is 1.79. The minimum atomic E-state index is -0.183. The molecule has 25 heavy (non-hydrogen) atoms. The van der Waals surface area contributed by atoms with Gasteiger partial charge in [-0.05, 0) is 25.3 Å². The average Bonchev–Trinajstić information content (AvgIpc) is 3.22. The van der Waals surface area contributed by atoms with Gasteiger partial charge in [0.2, 0.25) is 11.7 Å². The summed E-state index contributed by atoms with van der Waals surface area (Å²) in [6, 6.07) is 10.0. The number of benzene rings is 1. The summed E-state index contributed by atoms with van der Waals surface area (Å²) < 4.78 is 5.40. The van der Waals surface area contributed by atoms with Crippen LogP contribution < -0.4 is 5.32 Å². The van der Waals surface area contributed by atoms with Crippen LogP contribution in [0, 0.1) is 19.8 Å². The summed E-state index contributed by atoms with van der Waals surface area (Å²) in [7, 11) is 0. The van der Waals surface area contributed by atoms with E-state index in [2.05, 4.69) is 10.3 Å². The predicted molar refractivity (Wildman–Crippen MR) is 93.1 cm³/mol. The maximum atomic E-state index is 12.5. The fourth-order valence-corrected chi connectivity index (χ4v) is 3.15. The van der Waals surface area contributed by atoms with Gasteiger partial charge in [0.1, 0.15) is 0 Å². The summed E-state index contributed by atoms with van der Waals surface area (Å²) in [4.78, 5) is 30.6. The second kappa shape index (κ2) is 7.51. The first-order chi connectivity index (χ1) is 12.0. The van der Waals surface area contributed by atoms with Crippen LogP contribution in [0.3, 0.4) is 0 Å². The maximum Gasteiger partial charge on any atom is 0.291 e. The third kappa shape index (κ3) is 4.07. The van der Waals surface area contributed by atoms with Gasteiger partial charge in [-0.25, -0.2) is 4.98 Å². The lowest BCUT2D eigenvalue weighted by molar-refractivity contribution is -0.124. The van der Waals surface area contributed by atoms with Crippen LogP contribution in [0.1, 0.15) is 34.1 Å². The van der Waals surface area contributed by atoms with Crippen LogP contribution in [0.2, 0.25) is 0 Å². The molecule has 1 aromatic heterocycles. The van der Waals surface area contributed by atoms with Crippen molar-refractivity contribution in [3.8, 4) is 0 Å². The Hall–Kier alpha value is -2.63. The van der Waals surface area contributed by atoms with Gasteiger partial charge in [0.15, 0.2) is 5.89 Å². The molecule has 2 heterocycles. The zero-order valence-corrected chi connectivity index (χ0v) is 14.6. The van der Waals surface area contributed by atoms with Crippen LogP contribution in [0.25, 0.3) is 0 Å². The number of likely N-dealkylation sites (tertiary alicyclic amines) is 1. The van der Waals surface area contributed by atoms with Crippen LogP contribution in [0.4, 0.5) is 0 Å². The van der Waals surface area contributed by atoms with Crippen molar-refractivity contribution in [2.75, 3.05) is 19.6 Å². The van der Waals surface area contributed by atoms with E-state index in [-0.39, 0.29) is 23.5 Å². The third-order valence-electron chi connectivity index (χ3n) is 4.50. The molecule has 132 valence electrons. The monoisotopic (exact) mass is 341 g/mol. The number of nitrogens with zero attached hydrogens (tertiary/aromatic N) is 2. The Labute approximate surface area is 147 Å². The molecule has 6 nitrogen and oxygen atoms in total. The lowest BCUT2D eigenvalue weighted by atomic mass is 10.1. The van der Waals surface area contributed by atoms with Gasteiger partial charge in [0.05, 0.1) is 11.6 Å². The quantitative estimate of drug-likeness (QED) is 0.904. The molecule has 0 unspecified atom stereocenters. The van der Waals surface area contributed by atoms with Crippen molar-refractivity contribution >= 4 is 11.8 Å². The van der Waals surface area contributed by atoms with Gasteiger partial charge < -0.3 is 14.6 Å². The molecule has 1 saturated heterocycles. The summed E-state index contributed by atoms with van der Waals surface area (Å²) in [6.07, 6.45) is 1.48. The minimum absolute atomic E-state index is 0.0108. The largest absolute Gasteiger partial charge is 0.436 e. The molecule has 6 heteroatoms. The lowest BCUT2D eigenvalue weighted by Crippen LogP contribution is -2.35. The van der Waals surface area contributed by atoms with E-state index in [1.807, 2.05) is 30.3 Å². The number of hydrogen-bond acceptors (Lipinski definition) is 4. The molecule has 0 saturated carbocycles. The molecule has 2 aromatic rings. The van der Waals surface area contributed by atoms with E-state index >= 15 is 0 Å². The number of carbonyl (C=O) groups is 2. The van der Waals surface area contributed by atoms with E-state index in [0.717, 1.165) is 6.42 Å². The Balaban J connectivity index is 1.49. The van der Waals surface area contributed by atoms with Crippen molar-refractivity contribution in [2.24, 2.45) is 5.92 Å². The number of oxazole rings is 1. The van der Waals surface area contributed by atoms with E-state index in [0.29, 0.717) is 37.6 Å². The summed E-state index contributed by atoms with van der Waals surface area (Å²) in [5, 5.41) is 2.98. The number of nitrogens with one attached hydrogen (secondary N) is 1. The van der Waals surface area contributed by atoms with Gasteiger partial charge >= 0.3 is 0 Å². The Morgan fingerprint density at radius 3 is 2.72 bits per heavy atom. The van der Waals surface area contributed by atoms with Gasteiger partial charge in [-0.3, -0.25) is 9.59 Å². The van der Waals surface area contributed by atoms with E-state index in [4.69, 9.17) is 4.42 Å². The van der Waals surface area contributed by atoms with Crippen molar-refractivity contribution < 1.29 is 14.0 Å². The predicted octanol–water partition coefficient (Wildman–Crippen LogP) is 2.11. The maximum absolute atomic E-state index is 12.5. The molecule has 0 spiro atoms. The van der Waals surface area contributed by atoms with Crippen molar-refractivity contribution in [1.82, 2.24) is 15.2 Å². The highest BCUT2D eigenvalue weighted by molar-refractivity contribution is 5.93. The summed E-state index contributed by atoms with van der Waals surface area (Å²) >= 11 is 0. The molecule has 1 aliphatic rings. The first-order valence-electron chi connectivity index (χ1n) is 8.59.